The highest BCUT2D eigenvalue weighted by atomic mass is 16.2. The Hall–Kier alpha value is -2.89. The molecule has 0 unspecified atom stereocenters. The van der Waals surface area contributed by atoms with Crippen molar-refractivity contribution in [2.45, 2.75) is 53.5 Å². The second-order valence-corrected chi connectivity index (χ2v) is 6.11. The number of nitrogens with one attached hydrogen (secondary N) is 2. The van der Waals surface area contributed by atoms with E-state index in [1.807, 2.05) is 33.8 Å². The van der Waals surface area contributed by atoms with Crippen LogP contribution in [0.5, 0.6) is 0 Å². The van der Waals surface area contributed by atoms with Gasteiger partial charge in [0.2, 0.25) is 5.91 Å². The Kier molecular flexibility index (Phi) is 12.7. The Labute approximate surface area is 168 Å². The molecule has 0 bridgehead atoms. The lowest BCUT2D eigenvalue weighted by Crippen LogP contribution is -2.31. The zero-order valence-electron chi connectivity index (χ0n) is 17.8. The first-order valence-corrected chi connectivity index (χ1v) is 9.58. The molecule has 2 aromatic rings. The van der Waals surface area contributed by atoms with Gasteiger partial charge in [-0.2, -0.15) is 0 Å². The predicted molar refractivity (Wildman–Crippen MR) is 117 cm³/mol. The molecule has 2 heterocycles. The third kappa shape index (κ3) is 8.66. The van der Waals surface area contributed by atoms with Crippen LogP contribution in [0.1, 0.15) is 57.2 Å². The van der Waals surface area contributed by atoms with Gasteiger partial charge in [-0.05, 0) is 46.2 Å². The molecule has 6 nitrogen and oxygen atoms in total. The third-order valence-corrected chi connectivity index (χ3v) is 3.37. The van der Waals surface area contributed by atoms with Crippen LogP contribution >= 0.6 is 0 Å². The van der Waals surface area contributed by atoms with E-state index in [-0.39, 0.29) is 24.3 Å². The summed E-state index contributed by atoms with van der Waals surface area (Å²) in [6, 6.07) is 5.43. The molecule has 2 N–H and O–H groups in total. The van der Waals surface area contributed by atoms with E-state index in [0.717, 1.165) is 6.42 Å². The molecule has 0 fully saturated rings. The fourth-order valence-electron chi connectivity index (χ4n) is 2.36. The van der Waals surface area contributed by atoms with Gasteiger partial charge >= 0.3 is 0 Å². The van der Waals surface area contributed by atoms with Crippen molar-refractivity contribution >= 4 is 17.5 Å². The number of imidazole rings is 1. The maximum atomic E-state index is 12.0. The Morgan fingerprint density at radius 1 is 1.25 bits per heavy atom. The molecular weight excluding hydrogens is 352 g/mol. The number of hydrogen-bond acceptors (Lipinski definition) is 3. The number of pyridine rings is 1. The van der Waals surface area contributed by atoms with Crippen molar-refractivity contribution in [1.29, 1.82) is 0 Å². The standard InChI is InChI=1S/C15H20N4O2.C5H10.C2H4/c1-4-16-15(21)12-6-5-7-13-18-11(9-19(12)13)8-14(20)17-10(2)3;1-3-5-4-2;1-2/h5-7,9-10H,4,8H2,1-3H3,(H,16,21)(H,17,20);3,5H,4H2,1-2H3;1-2H2/b;5-3-;. The molecule has 0 aliphatic rings. The van der Waals surface area contributed by atoms with E-state index in [4.69, 9.17) is 0 Å². The molecule has 154 valence electrons. The van der Waals surface area contributed by atoms with Gasteiger partial charge in [-0.25, -0.2) is 4.98 Å². The topological polar surface area (TPSA) is 75.5 Å². The number of nitrogens with zero attached hydrogens (tertiary/aromatic N) is 2. The number of fused-ring (bicyclic) bond motifs is 1. The van der Waals surface area contributed by atoms with Crippen molar-refractivity contribution in [2.75, 3.05) is 6.54 Å². The van der Waals surface area contributed by atoms with Gasteiger partial charge in [-0.15, -0.1) is 13.2 Å². The molecule has 0 spiro atoms. The molecule has 0 aliphatic heterocycles. The summed E-state index contributed by atoms with van der Waals surface area (Å²) in [7, 11) is 0. The van der Waals surface area contributed by atoms with Gasteiger partial charge < -0.3 is 10.6 Å². The minimum atomic E-state index is -0.154. The van der Waals surface area contributed by atoms with E-state index >= 15 is 0 Å². The second-order valence-electron chi connectivity index (χ2n) is 6.11. The molecule has 0 aliphatic carbocycles. The Morgan fingerprint density at radius 3 is 2.43 bits per heavy atom. The highest BCUT2D eigenvalue weighted by Crippen LogP contribution is 2.10. The molecule has 0 atom stereocenters. The van der Waals surface area contributed by atoms with Crippen molar-refractivity contribution < 1.29 is 9.59 Å². The Morgan fingerprint density at radius 2 is 1.93 bits per heavy atom. The van der Waals surface area contributed by atoms with Gasteiger partial charge in [0.1, 0.15) is 11.3 Å². The van der Waals surface area contributed by atoms with Crippen molar-refractivity contribution in [3.63, 3.8) is 0 Å². The zero-order chi connectivity index (χ0) is 21.5. The summed E-state index contributed by atoms with van der Waals surface area (Å²) in [5.74, 6) is -0.230. The lowest BCUT2D eigenvalue weighted by molar-refractivity contribution is -0.120. The summed E-state index contributed by atoms with van der Waals surface area (Å²) in [5, 5.41) is 5.59. The van der Waals surface area contributed by atoms with E-state index in [2.05, 4.69) is 47.9 Å². The number of carbonyl (C=O) groups excluding carboxylic acids is 2. The van der Waals surface area contributed by atoms with E-state index in [9.17, 15) is 9.59 Å². The average Bonchev–Trinajstić information content (AvgIpc) is 3.06. The Balaban J connectivity index is 0.000000906. The van der Waals surface area contributed by atoms with E-state index in [1.165, 1.54) is 0 Å². The van der Waals surface area contributed by atoms with Crippen molar-refractivity contribution in [1.82, 2.24) is 20.0 Å². The number of carbonyl (C=O) groups is 2. The van der Waals surface area contributed by atoms with Gasteiger partial charge in [-0.1, -0.05) is 25.1 Å². The van der Waals surface area contributed by atoms with Crippen LogP contribution < -0.4 is 10.6 Å². The molecule has 2 amide bonds. The maximum absolute atomic E-state index is 12.0. The van der Waals surface area contributed by atoms with Gasteiger partial charge in [0.15, 0.2) is 0 Å². The summed E-state index contributed by atoms with van der Waals surface area (Å²) in [6.07, 6.45) is 7.28. The first-order valence-electron chi connectivity index (χ1n) is 9.58. The van der Waals surface area contributed by atoms with Crippen LogP contribution in [-0.2, 0) is 11.2 Å². The van der Waals surface area contributed by atoms with Crippen LogP contribution in [0.3, 0.4) is 0 Å². The molecule has 0 saturated carbocycles. The smallest absolute Gasteiger partial charge is 0.268 e. The van der Waals surface area contributed by atoms with E-state index in [0.29, 0.717) is 23.6 Å². The molecular formula is C22H34N4O2. The lowest BCUT2D eigenvalue weighted by atomic mass is 10.3. The fraction of sp³-hybridized carbons (Fsp3) is 0.409. The molecule has 28 heavy (non-hydrogen) atoms. The summed E-state index contributed by atoms with van der Waals surface area (Å²) >= 11 is 0. The summed E-state index contributed by atoms with van der Waals surface area (Å²) in [6.45, 7) is 16.4. The molecule has 0 aromatic carbocycles. The van der Waals surface area contributed by atoms with Crippen LogP contribution in [0, 0.1) is 0 Å². The van der Waals surface area contributed by atoms with Crippen molar-refractivity contribution in [3.05, 3.63) is 61.1 Å². The quantitative estimate of drug-likeness (QED) is 0.739. The Bertz CT molecular complexity index is 763. The molecule has 0 radical (unpaired) electrons. The second kappa shape index (κ2) is 14.2. The normalized spacial score (nSPS) is 10.1. The van der Waals surface area contributed by atoms with Crippen molar-refractivity contribution in [2.24, 2.45) is 0 Å². The minimum Gasteiger partial charge on any atom is -0.354 e. The molecule has 2 rings (SSSR count). The number of hydrogen-bond donors (Lipinski definition) is 2. The zero-order valence-corrected chi connectivity index (χ0v) is 17.8. The summed E-state index contributed by atoms with van der Waals surface area (Å²) in [5.41, 5.74) is 1.81. The van der Waals surface area contributed by atoms with E-state index in [1.54, 1.807) is 22.7 Å². The number of aromatic nitrogens is 2. The first-order chi connectivity index (χ1) is 13.4. The fourth-order valence-corrected chi connectivity index (χ4v) is 2.36. The van der Waals surface area contributed by atoms with E-state index < -0.39 is 0 Å². The number of amides is 2. The molecule has 6 heteroatoms. The van der Waals surface area contributed by atoms with Crippen LogP contribution in [0.2, 0.25) is 0 Å². The maximum Gasteiger partial charge on any atom is 0.268 e. The van der Waals surface area contributed by atoms with Crippen molar-refractivity contribution in [3.8, 4) is 0 Å². The van der Waals surface area contributed by atoms with Gasteiger partial charge in [0.05, 0.1) is 12.1 Å². The molecule has 0 saturated heterocycles. The predicted octanol–water partition coefficient (Wildman–Crippen LogP) is 3.93. The highest BCUT2D eigenvalue weighted by Gasteiger charge is 2.13. The third-order valence-electron chi connectivity index (χ3n) is 3.37. The number of rotatable bonds is 6. The minimum absolute atomic E-state index is 0.0760. The van der Waals surface area contributed by atoms with Gasteiger partial charge in [0.25, 0.3) is 5.91 Å². The summed E-state index contributed by atoms with van der Waals surface area (Å²) in [4.78, 5) is 28.2. The van der Waals surface area contributed by atoms with Gasteiger partial charge in [0, 0.05) is 18.8 Å². The van der Waals surface area contributed by atoms with Crippen LogP contribution in [0.25, 0.3) is 5.65 Å². The molecule has 2 aromatic heterocycles. The monoisotopic (exact) mass is 386 g/mol. The lowest BCUT2D eigenvalue weighted by Gasteiger charge is -2.06. The van der Waals surface area contributed by atoms with Gasteiger partial charge in [-0.3, -0.25) is 14.0 Å². The largest absolute Gasteiger partial charge is 0.354 e. The van der Waals surface area contributed by atoms with Crippen LogP contribution in [0.4, 0.5) is 0 Å². The first kappa shape index (κ1) is 25.1. The van der Waals surface area contributed by atoms with Crippen LogP contribution in [-0.4, -0.2) is 33.8 Å². The summed E-state index contributed by atoms with van der Waals surface area (Å²) < 4.78 is 1.71. The van der Waals surface area contributed by atoms with Crippen LogP contribution in [0.15, 0.2) is 49.7 Å². The average molecular weight is 387 g/mol. The SMILES string of the molecule is C/C=C\CC.C=C.CCNC(=O)c1cccc2nc(CC(=O)NC(C)C)cn12. The number of allylic oxidation sites excluding steroid dienone is 2. The highest BCUT2D eigenvalue weighted by molar-refractivity contribution is 5.93.